The smallest absolute Gasteiger partial charge is 0.169 e. The standard InChI is InChI=1S/C15H17NO2.CH4/c1-3-11-8-9-14(15(10-11)17-2)18-13-7-5-4-6-12(13)16;/h4-10H,3,16H2,1-2H3;1H4. The minimum absolute atomic E-state index is 0. The quantitative estimate of drug-likeness (QED) is 0.834. The Balaban J connectivity index is 0.00000180. The van der Waals surface area contributed by atoms with Crippen molar-refractivity contribution in [1.82, 2.24) is 0 Å². The Morgan fingerprint density at radius 1 is 1.00 bits per heavy atom. The molecule has 2 rings (SSSR count). The normalized spacial score (nSPS) is 9.58. The Bertz CT molecular complexity index is 538. The largest absolute Gasteiger partial charge is 0.493 e. The Labute approximate surface area is 115 Å². The first-order valence-corrected chi connectivity index (χ1v) is 5.94. The Morgan fingerprint density at radius 2 is 1.74 bits per heavy atom. The molecule has 0 radical (unpaired) electrons. The van der Waals surface area contributed by atoms with Crippen LogP contribution in [-0.4, -0.2) is 7.11 Å². The van der Waals surface area contributed by atoms with E-state index in [1.165, 1.54) is 5.56 Å². The first kappa shape index (κ1) is 14.9. The van der Waals surface area contributed by atoms with Gasteiger partial charge in [-0.1, -0.05) is 32.5 Å². The fourth-order valence-electron chi connectivity index (χ4n) is 1.71. The molecule has 0 atom stereocenters. The summed E-state index contributed by atoms with van der Waals surface area (Å²) in [6.45, 7) is 2.10. The third kappa shape index (κ3) is 3.41. The van der Waals surface area contributed by atoms with E-state index in [0.29, 0.717) is 17.2 Å². The molecule has 0 aromatic heterocycles. The zero-order valence-corrected chi connectivity index (χ0v) is 10.6. The predicted molar refractivity (Wildman–Crippen MR) is 80.0 cm³/mol. The molecular formula is C16H21NO2. The third-order valence-electron chi connectivity index (χ3n) is 2.78. The van der Waals surface area contributed by atoms with Crippen molar-refractivity contribution in [2.75, 3.05) is 12.8 Å². The van der Waals surface area contributed by atoms with E-state index in [9.17, 15) is 0 Å². The van der Waals surface area contributed by atoms with Gasteiger partial charge in [0, 0.05) is 0 Å². The van der Waals surface area contributed by atoms with E-state index in [1.807, 2.05) is 42.5 Å². The van der Waals surface area contributed by atoms with Crippen LogP contribution in [0, 0.1) is 0 Å². The summed E-state index contributed by atoms with van der Waals surface area (Å²) in [4.78, 5) is 0. The van der Waals surface area contributed by atoms with Crippen LogP contribution >= 0.6 is 0 Å². The Kier molecular flexibility index (Phi) is 5.24. The van der Waals surface area contributed by atoms with Crippen LogP contribution < -0.4 is 15.2 Å². The molecule has 0 spiro atoms. The number of hydrogen-bond acceptors (Lipinski definition) is 3. The number of ether oxygens (including phenoxy) is 2. The molecule has 0 saturated carbocycles. The summed E-state index contributed by atoms with van der Waals surface area (Å²) in [5, 5.41) is 0. The van der Waals surface area contributed by atoms with Crippen molar-refractivity contribution in [3.8, 4) is 17.2 Å². The molecule has 2 aromatic carbocycles. The maximum Gasteiger partial charge on any atom is 0.169 e. The van der Waals surface area contributed by atoms with E-state index in [0.717, 1.165) is 12.2 Å². The highest BCUT2D eigenvalue weighted by atomic mass is 16.5. The summed E-state index contributed by atoms with van der Waals surface area (Å²) in [7, 11) is 1.63. The zero-order valence-electron chi connectivity index (χ0n) is 10.6. The van der Waals surface area contributed by atoms with Crippen LogP contribution in [0.5, 0.6) is 17.2 Å². The maximum absolute atomic E-state index is 5.85. The maximum atomic E-state index is 5.85. The Hall–Kier alpha value is -2.16. The molecule has 0 amide bonds. The van der Waals surface area contributed by atoms with Crippen LogP contribution in [0.2, 0.25) is 0 Å². The number of anilines is 1. The molecule has 0 heterocycles. The fourth-order valence-corrected chi connectivity index (χ4v) is 1.71. The van der Waals surface area contributed by atoms with E-state index >= 15 is 0 Å². The fraction of sp³-hybridized carbons (Fsp3) is 0.250. The number of benzene rings is 2. The molecule has 0 aliphatic heterocycles. The summed E-state index contributed by atoms with van der Waals surface area (Å²) in [5.41, 5.74) is 7.67. The van der Waals surface area contributed by atoms with Crippen molar-refractivity contribution >= 4 is 5.69 Å². The summed E-state index contributed by atoms with van der Waals surface area (Å²) in [5.74, 6) is 2.03. The molecule has 0 unspecified atom stereocenters. The first-order chi connectivity index (χ1) is 8.74. The lowest BCUT2D eigenvalue weighted by atomic mass is 10.1. The molecule has 3 heteroatoms. The molecule has 0 saturated heterocycles. The second-order valence-corrected chi connectivity index (χ2v) is 3.98. The molecule has 3 nitrogen and oxygen atoms in total. The number of methoxy groups -OCH3 is 1. The van der Waals surface area contributed by atoms with Crippen LogP contribution in [0.25, 0.3) is 0 Å². The molecule has 0 aliphatic rings. The topological polar surface area (TPSA) is 44.5 Å². The van der Waals surface area contributed by atoms with Crippen molar-refractivity contribution in [3.05, 3.63) is 48.0 Å². The molecule has 0 aliphatic carbocycles. The van der Waals surface area contributed by atoms with Gasteiger partial charge in [-0.3, -0.25) is 0 Å². The molecule has 2 N–H and O–H groups in total. The Morgan fingerprint density at radius 3 is 2.37 bits per heavy atom. The van der Waals surface area contributed by atoms with E-state index in [1.54, 1.807) is 7.11 Å². The second-order valence-electron chi connectivity index (χ2n) is 3.98. The van der Waals surface area contributed by atoms with Gasteiger partial charge in [0.25, 0.3) is 0 Å². The average molecular weight is 259 g/mol. The van der Waals surface area contributed by atoms with Gasteiger partial charge in [-0.15, -0.1) is 0 Å². The van der Waals surface area contributed by atoms with Gasteiger partial charge in [-0.25, -0.2) is 0 Å². The molecule has 2 aromatic rings. The average Bonchev–Trinajstić information content (AvgIpc) is 2.41. The van der Waals surface area contributed by atoms with Crippen molar-refractivity contribution in [2.45, 2.75) is 20.8 Å². The summed E-state index contributed by atoms with van der Waals surface area (Å²) >= 11 is 0. The van der Waals surface area contributed by atoms with Gasteiger partial charge >= 0.3 is 0 Å². The lowest BCUT2D eigenvalue weighted by Gasteiger charge is -2.12. The third-order valence-corrected chi connectivity index (χ3v) is 2.78. The number of nitrogens with two attached hydrogens (primary N) is 1. The van der Waals surface area contributed by atoms with Crippen LogP contribution in [0.15, 0.2) is 42.5 Å². The second kappa shape index (κ2) is 6.69. The van der Waals surface area contributed by atoms with Gasteiger partial charge in [0.15, 0.2) is 17.2 Å². The van der Waals surface area contributed by atoms with E-state index in [-0.39, 0.29) is 7.43 Å². The zero-order chi connectivity index (χ0) is 13.0. The number of nitrogen functional groups attached to an aromatic ring is 1. The van der Waals surface area contributed by atoms with Gasteiger partial charge in [-0.05, 0) is 36.2 Å². The number of rotatable bonds is 4. The molecular weight excluding hydrogens is 238 g/mol. The van der Waals surface area contributed by atoms with Crippen molar-refractivity contribution < 1.29 is 9.47 Å². The molecule has 0 fully saturated rings. The number of aryl methyl sites for hydroxylation is 1. The van der Waals surface area contributed by atoms with Crippen LogP contribution in [0.4, 0.5) is 5.69 Å². The first-order valence-electron chi connectivity index (χ1n) is 5.94. The van der Waals surface area contributed by atoms with Gasteiger partial charge in [-0.2, -0.15) is 0 Å². The van der Waals surface area contributed by atoms with Gasteiger partial charge < -0.3 is 15.2 Å². The predicted octanol–water partition coefficient (Wildman–Crippen LogP) is 4.27. The number of para-hydroxylation sites is 2. The number of hydrogen-bond donors (Lipinski definition) is 1. The monoisotopic (exact) mass is 259 g/mol. The molecule has 0 bridgehead atoms. The molecule has 102 valence electrons. The minimum atomic E-state index is 0. The summed E-state index contributed by atoms with van der Waals surface area (Å²) < 4.78 is 11.1. The van der Waals surface area contributed by atoms with E-state index < -0.39 is 0 Å². The highest BCUT2D eigenvalue weighted by Crippen LogP contribution is 2.34. The van der Waals surface area contributed by atoms with Crippen molar-refractivity contribution in [3.63, 3.8) is 0 Å². The molecule has 19 heavy (non-hydrogen) atoms. The minimum Gasteiger partial charge on any atom is -0.493 e. The van der Waals surface area contributed by atoms with Crippen LogP contribution in [0.3, 0.4) is 0 Å². The van der Waals surface area contributed by atoms with Gasteiger partial charge in [0.1, 0.15) is 0 Å². The summed E-state index contributed by atoms with van der Waals surface area (Å²) in [6.07, 6.45) is 0.962. The van der Waals surface area contributed by atoms with E-state index in [4.69, 9.17) is 15.2 Å². The van der Waals surface area contributed by atoms with E-state index in [2.05, 4.69) is 6.92 Å². The van der Waals surface area contributed by atoms with Crippen LogP contribution in [-0.2, 0) is 6.42 Å². The van der Waals surface area contributed by atoms with Gasteiger partial charge in [0.05, 0.1) is 12.8 Å². The highest BCUT2D eigenvalue weighted by Gasteiger charge is 2.08. The SMILES string of the molecule is C.CCc1ccc(Oc2ccccc2N)c(OC)c1. The van der Waals surface area contributed by atoms with Crippen molar-refractivity contribution in [1.29, 1.82) is 0 Å². The van der Waals surface area contributed by atoms with Gasteiger partial charge in [0.2, 0.25) is 0 Å². The highest BCUT2D eigenvalue weighted by molar-refractivity contribution is 5.55. The lowest BCUT2D eigenvalue weighted by molar-refractivity contribution is 0.379. The summed E-state index contributed by atoms with van der Waals surface area (Å²) in [6, 6.07) is 13.3. The van der Waals surface area contributed by atoms with Crippen LogP contribution in [0.1, 0.15) is 19.9 Å². The lowest BCUT2D eigenvalue weighted by Crippen LogP contribution is -1.95. The van der Waals surface area contributed by atoms with Crippen molar-refractivity contribution in [2.24, 2.45) is 0 Å².